The maximum atomic E-state index is 12.5. The van der Waals surface area contributed by atoms with Crippen LogP contribution >= 0.6 is 0 Å². The molecule has 7 heteroatoms. The first-order chi connectivity index (χ1) is 13.7. The van der Waals surface area contributed by atoms with Gasteiger partial charge in [0.25, 0.3) is 5.91 Å². The molecular formula is C21H22N6O. The van der Waals surface area contributed by atoms with E-state index in [4.69, 9.17) is 0 Å². The van der Waals surface area contributed by atoms with E-state index < -0.39 is 0 Å². The Kier molecular flexibility index (Phi) is 5.23. The van der Waals surface area contributed by atoms with E-state index >= 15 is 0 Å². The molecule has 0 atom stereocenters. The number of pyridine rings is 1. The summed E-state index contributed by atoms with van der Waals surface area (Å²) in [6.45, 7) is 1.86. The Bertz CT molecular complexity index is 970. The first kappa shape index (κ1) is 18.0. The van der Waals surface area contributed by atoms with Crippen LogP contribution in [0.1, 0.15) is 53.6 Å². The highest BCUT2D eigenvalue weighted by Crippen LogP contribution is 2.32. The zero-order chi connectivity index (χ0) is 19.3. The molecule has 4 rings (SSSR count). The van der Waals surface area contributed by atoms with Crippen LogP contribution in [-0.4, -0.2) is 25.8 Å². The van der Waals surface area contributed by atoms with Crippen molar-refractivity contribution >= 4 is 23.4 Å². The summed E-state index contributed by atoms with van der Waals surface area (Å²) >= 11 is 0. The number of hydrogen-bond acceptors (Lipinski definition) is 6. The number of aromatic nitrogens is 4. The number of aryl methyl sites for hydroxylation is 1. The average Bonchev–Trinajstić information content (AvgIpc) is 3.23. The summed E-state index contributed by atoms with van der Waals surface area (Å²) in [5.41, 5.74) is 1.25. The summed E-state index contributed by atoms with van der Waals surface area (Å²) in [5.74, 6) is 2.70. The van der Waals surface area contributed by atoms with Gasteiger partial charge in [0.1, 0.15) is 17.5 Å². The van der Waals surface area contributed by atoms with Crippen LogP contribution in [0.5, 0.6) is 0 Å². The van der Waals surface area contributed by atoms with Crippen LogP contribution in [0.25, 0.3) is 0 Å². The van der Waals surface area contributed by atoms with Gasteiger partial charge in [0, 0.05) is 23.4 Å². The van der Waals surface area contributed by atoms with Gasteiger partial charge in [-0.15, -0.1) is 0 Å². The molecule has 28 heavy (non-hydrogen) atoms. The minimum Gasteiger partial charge on any atom is -0.322 e. The molecule has 1 aromatic carbocycles. The van der Waals surface area contributed by atoms with Gasteiger partial charge in [-0.3, -0.25) is 4.79 Å². The van der Waals surface area contributed by atoms with Crippen LogP contribution in [0.15, 0.2) is 48.7 Å². The number of benzene rings is 1. The second kappa shape index (κ2) is 8.12. The Balaban J connectivity index is 1.51. The summed E-state index contributed by atoms with van der Waals surface area (Å²) in [4.78, 5) is 30.2. The zero-order valence-electron chi connectivity index (χ0n) is 15.7. The van der Waals surface area contributed by atoms with Crippen LogP contribution in [0.2, 0.25) is 0 Å². The molecule has 1 amide bonds. The van der Waals surface area contributed by atoms with E-state index in [2.05, 4.69) is 30.6 Å². The van der Waals surface area contributed by atoms with E-state index in [-0.39, 0.29) is 5.91 Å². The van der Waals surface area contributed by atoms with Crippen molar-refractivity contribution in [3.05, 3.63) is 65.9 Å². The summed E-state index contributed by atoms with van der Waals surface area (Å²) in [6.07, 6.45) is 6.28. The Labute approximate surface area is 163 Å². The third kappa shape index (κ3) is 4.31. The predicted octanol–water partition coefficient (Wildman–Crippen LogP) is 4.23. The highest BCUT2D eigenvalue weighted by Gasteiger charge is 2.21. The molecule has 0 aliphatic heterocycles. The SMILES string of the molecule is Cc1nc(Nc2cc(C(=O)Nc3ccccc3)ccn2)nc(C2CCCC2)n1. The molecule has 1 aliphatic carbocycles. The van der Waals surface area contributed by atoms with Crippen molar-refractivity contribution in [1.29, 1.82) is 0 Å². The van der Waals surface area contributed by atoms with Gasteiger partial charge in [0.05, 0.1) is 0 Å². The number of hydrogen-bond donors (Lipinski definition) is 2. The van der Waals surface area contributed by atoms with E-state index in [0.29, 0.717) is 29.1 Å². The molecular weight excluding hydrogens is 352 g/mol. The number of anilines is 3. The molecule has 2 heterocycles. The highest BCUT2D eigenvalue weighted by molar-refractivity contribution is 6.04. The number of rotatable bonds is 5. The number of para-hydroxylation sites is 1. The Morgan fingerprint density at radius 2 is 1.82 bits per heavy atom. The molecule has 3 aromatic rings. The van der Waals surface area contributed by atoms with Crippen molar-refractivity contribution < 1.29 is 4.79 Å². The van der Waals surface area contributed by atoms with Crippen molar-refractivity contribution in [3.8, 4) is 0 Å². The van der Waals surface area contributed by atoms with Gasteiger partial charge in [0.2, 0.25) is 5.95 Å². The van der Waals surface area contributed by atoms with E-state index in [0.717, 1.165) is 24.4 Å². The van der Waals surface area contributed by atoms with Crippen LogP contribution in [0.4, 0.5) is 17.5 Å². The van der Waals surface area contributed by atoms with E-state index in [1.807, 2.05) is 37.3 Å². The van der Waals surface area contributed by atoms with E-state index in [1.165, 1.54) is 12.8 Å². The normalized spacial score (nSPS) is 14.0. The highest BCUT2D eigenvalue weighted by atomic mass is 16.1. The van der Waals surface area contributed by atoms with E-state index in [9.17, 15) is 4.79 Å². The molecule has 2 N–H and O–H groups in total. The largest absolute Gasteiger partial charge is 0.322 e. The monoisotopic (exact) mass is 374 g/mol. The molecule has 0 unspecified atom stereocenters. The van der Waals surface area contributed by atoms with Gasteiger partial charge in [0.15, 0.2) is 0 Å². The molecule has 7 nitrogen and oxygen atoms in total. The average molecular weight is 374 g/mol. The second-order valence-electron chi connectivity index (χ2n) is 6.92. The van der Waals surface area contributed by atoms with Gasteiger partial charge in [-0.25, -0.2) is 9.97 Å². The predicted molar refractivity (Wildman–Crippen MR) is 108 cm³/mol. The third-order valence-electron chi connectivity index (χ3n) is 4.78. The summed E-state index contributed by atoms with van der Waals surface area (Å²) < 4.78 is 0. The zero-order valence-corrected chi connectivity index (χ0v) is 15.7. The smallest absolute Gasteiger partial charge is 0.255 e. The van der Waals surface area contributed by atoms with Gasteiger partial charge < -0.3 is 10.6 Å². The molecule has 0 spiro atoms. The van der Waals surface area contributed by atoms with Crippen molar-refractivity contribution in [1.82, 2.24) is 19.9 Å². The van der Waals surface area contributed by atoms with E-state index in [1.54, 1.807) is 18.3 Å². The first-order valence-electron chi connectivity index (χ1n) is 9.49. The second-order valence-corrected chi connectivity index (χ2v) is 6.92. The fourth-order valence-corrected chi connectivity index (χ4v) is 3.40. The fraction of sp³-hybridized carbons (Fsp3) is 0.286. The number of nitrogens with zero attached hydrogens (tertiary/aromatic N) is 4. The molecule has 0 radical (unpaired) electrons. The first-order valence-corrected chi connectivity index (χ1v) is 9.49. The lowest BCUT2D eigenvalue weighted by Crippen LogP contribution is -2.13. The minimum atomic E-state index is -0.199. The van der Waals surface area contributed by atoms with Crippen molar-refractivity contribution in [2.24, 2.45) is 0 Å². The fourth-order valence-electron chi connectivity index (χ4n) is 3.40. The third-order valence-corrected chi connectivity index (χ3v) is 4.78. The molecule has 2 aromatic heterocycles. The van der Waals surface area contributed by atoms with Crippen molar-refractivity contribution in [2.45, 2.75) is 38.5 Å². The van der Waals surface area contributed by atoms with Crippen LogP contribution in [0, 0.1) is 6.92 Å². The lowest BCUT2D eigenvalue weighted by Gasteiger charge is -2.11. The minimum absolute atomic E-state index is 0.199. The van der Waals surface area contributed by atoms with Gasteiger partial charge in [-0.05, 0) is 44.0 Å². The number of amides is 1. The molecule has 142 valence electrons. The number of nitrogens with one attached hydrogen (secondary N) is 2. The Hall–Kier alpha value is -3.35. The van der Waals surface area contributed by atoms with Gasteiger partial charge >= 0.3 is 0 Å². The number of carbonyl (C=O) groups is 1. The summed E-state index contributed by atoms with van der Waals surface area (Å²) in [5, 5.41) is 5.98. The molecule has 1 aliphatic rings. The number of carbonyl (C=O) groups excluding carboxylic acids is 1. The quantitative estimate of drug-likeness (QED) is 0.694. The molecule has 1 fully saturated rings. The summed E-state index contributed by atoms with van der Waals surface area (Å²) in [6, 6.07) is 12.7. The van der Waals surface area contributed by atoms with Crippen LogP contribution in [0.3, 0.4) is 0 Å². The molecule has 0 saturated heterocycles. The maximum Gasteiger partial charge on any atom is 0.255 e. The molecule has 0 bridgehead atoms. The lowest BCUT2D eigenvalue weighted by atomic mass is 10.1. The van der Waals surface area contributed by atoms with Crippen LogP contribution < -0.4 is 10.6 Å². The van der Waals surface area contributed by atoms with Crippen molar-refractivity contribution in [2.75, 3.05) is 10.6 Å². The van der Waals surface area contributed by atoms with Crippen molar-refractivity contribution in [3.63, 3.8) is 0 Å². The Morgan fingerprint density at radius 1 is 1.04 bits per heavy atom. The summed E-state index contributed by atoms with van der Waals surface area (Å²) in [7, 11) is 0. The maximum absolute atomic E-state index is 12.5. The lowest BCUT2D eigenvalue weighted by molar-refractivity contribution is 0.102. The molecule has 1 saturated carbocycles. The standard InChI is InChI=1S/C21H22N6O/c1-14-23-19(15-7-5-6-8-15)27-21(24-14)26-18-13-16(11-12-22-18)20(28)25-17-9-3-2-4-10-17/h2-4,9-13,15H,5-8H2,1H3,(H,25,28)(H,22,23,24,26,27). The topological polar surface area (TPSA) is 92.7 Å². The van der Waals surface area contributed by atoms with Crippen LogP contribution in [-0.2, 0) is 0 Å². The van der Waals surface area contributed by atoms with Gasteiger partial charge in [-0.1, -0.05) is 31.0 Å². The van der Waals surface area contributed by atoms with Gasteiger partial charge in [-0.2, -0.15) is 9.97 Å². The Morgan fingerprint density at radius 3 is 2.61 bits per heavy atom.